The van der Waals surface area contributed by atoms with Gasteiger partial charge in [-0.05, 0) is 48.8 Å². The molecule has 1 aromatic carbocycles. The van der Waals surface area contributed by atoms with Gasteiger partial charge in [0, 0.05) is 13.1 Å². The molecule has 0 aromatic heterocycles. The summed E-state index contributed by atoms with van der Waals surface area (Å²) in [7, 11) is 0. The number of halogens is 1. The maximum absolute atomic E-state index is 13.9. The van der Waals surface area contributed by atoms with Crippen LogP contribution in [0.1, 0.15) is 39.2 Å². The lowest BCUT2D eigenvalue weighted by Gasteiger charge is -2.39. The number of aryl methyl sites for hydroxylation is 1. The molecule has 1 aliphatic heterocycles. The first kappa shape index (κ1) is 13.4. The summed E-state index contributed by atoms with van der Waals surface area (Å²) in [6.07, 6.45) is 2.33. The standard InChI is InChI=1S/C16H24FN/c1-12-5-6-15(14(17)11-12)18-9-7-13(8-10-18)16(2,3)4/h5-6,11,13H,7-10H2,1-4H3. The molecule has 0 bridgehead atoms. The summed E-state index contributed by atoms with van der Waals surface area (Å²) in [4.78, 5) is 2.19. The van der Waals surface area contributed by atoms with E-state index in [2.05, 4.69) is 25.7 Å². The summed E-state index contributed by atoms with van der Waals surface area (Å²) in [5.41, 5.74) is 2.13. The molecule has 0 saturated carbocycles. The van der Waals surface area contributed by atoms with Crippen LogP contribution in [0.2, 0.25) is 0 Å². The fourth-order valence-corrected chi connectivity index (χ4v) is 2.85. The number of nitrogens with zero attached hydrogens (tertiary/aromatic N) is 1. The lowest BCUT2D eigenvalue weighted by Crippen LogP contribution is -2.38. The Morgan fingerprint density at radius 3 is 2.28 bits per heavy atom. The van der Waals surface area contributed by atoms with Crippen LogP contribution in [0.5, 0.6) is 0 Å². The van der Waals surface area contributed by atoms with Gasteiger partial charge in [-0.15, -0.1) is 0 Å². The second kappa shape index (κ2) is 4.91. The van der Waals surface area contributed by atoms with Gasteiger partial charge in [0.1, 0.15) is 5.82 Å². The van der Waals surface area contributed by atoms with E-state index in [0.29, 0.717) is 5.41 Å². The number of benzene rings is 1. The summed E-state index contributed by atoms with van der Waals surface area (Å²) < 4.78 is 13.9. The molecule has 0 unspecified atom stereocenters. The van der Waals surface area contributed by atoms with Crippen molar-refractivity contribution in [1.29, 1.82) is 0 Å². The molecule has 0 radical (unpaired) electrons. The van der Waals surface area contributed by atoms with Gasteiger partial charge in [-0.2, -0.15) is 0 Å². The van der Waals surface area contributed by atoms with E-state index >= 15 is 0 Å². The van der Waals surface area contributed by atoms with E-state index < -0.39 is 0 Å². The highest BCUT2D eigenvalue weighted by Gasteiger charge is 2.29. The largest absolute Gasteiger partial charge is 0.369 e. The predicted octanol–water partition coefficient (Wildman–Crippen LogP) is 4.40. The summed E-state index contributed by atoms with van der Waals surface area (Å²) >= 11 is 0. The van der Waals surface area contributed by atoms with Crippen molar-refractivity contribution in [2.75, 3.05) is 18.0 Å². The van der Waals surface area contributed by atoms with Crippen LogP contribution < -0.4 is 4.90 Å². The van der Waals surface area contributed by atoms with Gasteiger partial charge in [0.05, 0.1) is 5.69 Å². The molecular weight excluding hydrogens is 225 g/mol. The van der Waals surface area contributed by atoms with Gasteiger partial charge in [0.2, 0.25) is 0 Å². The highest BCUT2D eigenvalue weighted by atomic mass is 19.1. The lowest BCUT2D eigenvalue weighted by molar-refractivity contribution is 0.198. The van der Waals surface area contributed by atoms with Crippen molar-refractivity contribution in [1.82, 2.24) is 0 Å². The Labute approximate surface area is 110 Å². The highest BCUT2D eigenvalue weighted by molar-refractivity contribution is 5.49. The summed E-state index contributed by atoms with van der Waals surface area (Å²) in [5, 5.41) is 0. The Hall–Kier alpha value is -1.05. The van der Waals surface area contributed by atoms with Crippen molar-refractivity contribution in [3.05, 3.63) is 29.6 Å². The number of hydrogen-bond donors (Lipinski definition) is 0. The van der Waals surface area contributed by atoms with Crippen LogP contribution in [0.4, 0.5) is 10.1 Å². The fraction of sp³-hybridized carbons (Fsp3) is 0.625. The molecule has 0 N–H and O–H groups in total. The second-order valence-electron chi connectivity index (χ2n) is 6.58. The van der Waals surface area contributed by atoms with E-state index in [-0.39, 0.29) is 5.82 Å². The van der Waals surface area contributed by atoms with Crippen LogP contribution in [-0.2, 0) is 0 Å². The third-order valence-corrected chi connectivity index (χ3v) is 4.16. The Morgan fingerprint density at radius 1 is 1.17 bits per heavy atom. The van der Waals surface area contributed by atoms with Crippen molar-refractivity contribution >= 4 is 5.69 Å². The first-order valence-electron chi connectivity index (χ1n) is 6.89. The van der Waals surface area contributed by atoms with E-state index in [4.69, 9.17) is 0 Å². The molecule has 2 rings (SSSR count). The zero-order valence-corrected chi connectivity index (χ0v) is 12.0. The molecule has 1 heterocycles. The van der Waals surface area contributed by atoms with Crippen molar-refractivity contribution < 1.29 is 4.39 Å². The minimum absolute atomic E-state index is 0.0794. The minimum atomic E-state index is -0.0794. The molecule has 0 atom stereocenters. The highest BCUT2D eigenvalue weighted by Crippen LogP contribution is 2.36. The molecule has 18 heavy (non-hydrogen) atoms. The predicted molar refractivity (Wildman–Crippen MR) is 75.5 cm³/mol. The van der Waals surface area contributed by atoms with Gasteiger partial charge in [-0.3, -0.25) is 0 Å². The molecule has 1 fully saturated rings. The molecule has 100 valence electrons. The maximum Gasteiger partial charge on any atom is 0.146 e. The average molecular weight is 249 g/mol. The van der Waals surface area contributed by atoms with Gasteiger partial charge in [-0.1, -0.05) is 26.8 Å². The van der Waals surface area contributed by atoms with Gasteiger partial charge in [0.15, 0.2) is 0 Å². The molecule has 1 nitrogen and oxygen atoms in total. The molecule has 0 amide bonds. The van der Waals surface area contributed by atoms with E-state index in [1.54, 1.807) is 6.07 Å². The average Bonchev–Trinajstić information content (AvgIpc) is 2.28. The molecule has 0 spiro atoms. The molecule has 0 aliphatic carbocycles. The van der Waals surface area contributed by atoms with Crippen LogP contribution in [0, 0.1) is 24.1 Å². The third kappa shape index (κ3) is 2.85. The van der Waals surface area contributed by atoms with Crippen LogP contribution in [-0.4, -0.2) is 13.1 Å². The smallest absolute Gasteiger partial charge is 0.146 e. The first-order chi connectivity index (χ1) is 8.38. The Kier molecular flexibility index (Phi) is 3.65. The minimum Gasteiger partial charge on any atom is -0.369 e. The summed E-state index contributed by atoms with van der Waals surface area (Å²) in [5.74, 6) is 0.673. The Bertz CT molecular complexity index is 412. The van der Waals surface area contributed by atoms with Crippen molar-refractivity contribution in [2.24, 2.45) is 11.3 Å². The van der Waals surface area contributed by atoms with Crippen LogP contribution in [0.3, 0.4) is 0 Å². The van der Waals surface area contributed by atoms with Crippen LogP contribution in [0.15, 0.2) is 18.2 Å². The SMILES string of the molecule is Cc1ccc(N2CCC(C(C)(C)C)CC2)c(F)c1. The zero-order chi connectivity index (χ0) is 13.3. The number of hydrogen-bond acceptors (Lipinski definition) is 1. The number of anilines is 1. The quantitative estimate of drug-likeness (QED) is 0.713. The van der Waals surface area contributed by atoms with Crippen LogP contribution >= 0.6 is 0 Å². The Morgan fingerprint density at radius 2 is 1.78 bits per heavy atom. The van der Waals surface area contributed by atoms with Crippen molar-refractivity contribution in [3.8, 4) is 0 Å². The van der Waals surface area contributed by atoms with E-state index in [1.165, 1.54) is 0 Å². The lowest BCUT2D eigenvalue weighted by atomic mass is 9.75. The van der Waals surface area contributed by atoms with Crippen molar-refractivity contribution in [2.45, 2.75) is 40.5 Å². The van der Waals surface area contributed by atoms with E-state index in [0.717, 1.165) is 43.1 Å². The molecule has 1 saturated heterocycles. The third-order valence-electron chi connectivity index (χ3n) is 4.16. The fourth-order valence-electron chi connectivity index (χ4n) is 2.85. The zero-order valence-electron chi connectivity index (χ0n) is 12.0. The van der Waals surface area contributed by atoms with Crippen molar-refractivity contribution in [3.63, 3.8) is 0 Å². The molecule has 2 heteroatoms. The monoisotopic (exact) mass is 249 g/mol. The summed E-state index contributed by atoms with van der Waals surface area (Å²) in [6, 6.07) is 5.54. The number of rotatable bonds is 1. The van der Waals surface area contributed by atoms with E-state index in [9.17, 15) is 4.39 Å². The van der Waals surface area contributed by atoms with Gasteiger partial charge < -0.3 is 4.90 Å². The van der Waals surface area contributed by atoms with Gasteiger partial charge >= 0.3 is 0 Å². The first-order valence-corrected chi connectivity index (χ1v) is 6.89. The normalized spacial score (nSPS) is 18.2. The van der Waals surface area contributed by atoms with Gasteiger partial charge in [-0.25, -0.2) is 4.39 Å². The van der Waals surface area contributed by atoms with E-state index in [1.807, 2.05) is 19.1 Å². The van der Waals surface area contributed by atoms with Crippen LogP contribution in [0.25, 0.3) is 0 Å². The summed E-state index contributed by atoms with van der Waals surface area (Å²) in [6.45, 7) is 10.8. The molecule has 1 aliphatic rings. The number of piperidine rings is 1. The maximum atomic E-state index is 13.9. The van der Waals surface area contributed by atoms with Gasteiger partial charge in [0.25, 0.3) is 0 Å². The Balaban J connectivity index is 2.06. The molecular formula is C16H24FN. The second-order valence-corrected chi connectivity index (χ2v) is 6.58. The molecule has 1 aromatic rings. The topological polar surface area (TPSA) is 3.24 Å².